The number of rotatable bonds is 6. The molecule has 2 aromatic carbocycles. The van der Waals surface area contributed by atoms with Crippen molar-refractivity contribution in [2.45, 2.75) is 31.7 Å². The summed E-state index contributed by atoms with van der Waals surface area (Å²) in [4.78, 5) is 39.2. The third kappa shape index (κ3) is 4.01. The van der Waals surface area contributed by atoms with Crippen molar-refractivity contribution in [3.8, 4) is 11.5 Å². The quantitative estimate of drug-likeness (QED) is 0.587. The van der Waals surface area contributed by atoms with Crippen molar-refractivity contribution in [1.29, 1.82) is 0 Å². The molecular weight excluding hydrogens is 384 g/mol. The van der Waals surface area contributed by atoms with E-state index in [1.807, 2.05) is 30.3 Å². The highest BCUT2D eigenvalue weighted by molar-refractivity contribution is 6.11. The van der Waals surface area contributed by atoms with Crippen LogP contribution in [0.3, 0.4) is 0 Å². The van der Waals surface area contributed by atoms with Crippen LogP contribution in [0, 0.1) is 0 Å². The third-order valence-corrected chi connectivity index (χ3v) is 5.47. The molecule has 4 rings (SSSR count). The summed E-state index contributed by atoms with van der Waals surface area (Å²) in [7, 11) is 0. The van der Waals surface area contributed by atoms with E-state index >= 15 is 0 Å². The first-order valence-electron chi connectivity index (χ1n) is 10.1. The zero-order chi connectivity index (χ0) is 21.1. The Morgan fingerprint density at radius 3 is 2.57 bits per heavy atom. The number of carbonyl (C=O) groups is 3. The van der Waals surface area contributed by atoms with Gasteiger partial charge >= 0.3 is 6.03 Å². The first-order chi connectivity index (χ1) is 14.5. The van der Waals surface area contributed by atoms with Gasteiger partial charge in [0.25, 0.3) is 5.91 Å². The van der Waals surface area contributed by atoms with Gasteiger partial charge in [-0.05, 0) is 43.5 Å². The number of ether oxygens (including phenoxy) is 2. The minimum absolute atomic E-state index is 0.314. The van der Waals surface area contributed by atoms with E-state index < -0.39 is 11.6 Å². The van der Waals surface area contributed by atoms with E-state index in [2.05, 4.69) is 5.32 Å². The van der Waals surface area contributed by atoms with E-state index in [-0.39, 0.29) is 18.2 Å². The molecule has 1 saturated heterocycles. The normalized spacial score (nSPS) is 20.6. The predicted molar refractivity (Wildman–Crippen MR) is 110 cm³/mol. The van der Waals surface area contributed by atoms with E-state index in [0.29, 0.717) is 43.1 Å². The Morgan fingerprint density at radius 2 is 1.80 bits per heavy atom. The second kappa shape index (κ2) is 8.18. The van der Waals surface area contributed by atoms with Crippen molar-refractivity contribution in [2.75, 3.05) is 19.8 Å². The minimum Gasteiger partial charge on any atom is -0.490 e. The van der Waals surface area contributed by atoms with E-state index in [0.717, 1.165) is 16.9 Å². The fourth-order valence-electron chi connectivity index (χ4n) is 3.67. The van der Waals surface area contributed by atoms with E-state index in [4.69, 9.17) is 9.47 Å². The molecule has 0 aliphatic carbocycles. The maximum Gasteiger partial charge on any atom is 0.325 e. The Hall–Kier alpha value is -3.35. The van der Waals surface area contributed by atoms with Gasteiger partial charge in [-0.25, -0.2) is 4.79 Å². The molecule has 2 aromatic rings. The third-order valence-electron chi connectivity index (χ3n) is 5.47. The number of imide groups is 1. The maximum absolute atomic E-state index is 12.9. The van der Waals surface area contributed by atoms with Crippen LogP contribution in [0.4, 0.5) is 4.79 Å². The van der Waals surface area contributed by atoms with Crippen LogP contribution in [0.1, 0.15) is 35.7 Å². The summed E-state index contributed by atoms with van der Waals surface area (Å²) in [5, 5.41) is 2.76. The van der Waals surface area contributed by atoms with Crippen molar-refractivity contribution in [3.63, 3.8) is 0 Å². The molecule has 2 aliphatic heterocycles. The number of benzene rings is 2. The molecule has 2 aliphatic rings. The molecule has 1 atom stereocenters. The van der Waals surface area contributed by atoms with Gasteiger partial charge in [-0.2, -0.15) is 0 Å². The van der Waals surface area contributed by atoms with Crippen molar-refractivity contribution in [2.24, 2.45) is 0 Å². The molecule has 1 fully saturated rings. The van der Waals surface area contributed by atoms with E-state index in [9.17, 15) is 14.4 Å². The Balaban J connectivity index is 1.44. The van der Waals surface area contributed by atoms with Gasteiger partial charge in [0.05, 0.1) is 19.8 Å². The van der Waals surface area contributed by atoms with Crippen molar-refractivity contribution >= 4 is 17.7 Å². The standard InChI is InChI=1S/C23H24N2O5/c1-23(11-10-16-6-3-2-4-7-16)21(27)25(22(28)24-23)15-18(26)17-8-9-19-20(14-17)30-13-5-12-29-19/h2-4,6-9,14H,5,10-13,15H2,1H3,(H,24,28)/t23-/m0/s1. The molecule has 156 valence electrons. The van der Waals surface area contributed by atoms with Gasteiger partial charge in [0.2, 0.25) is 0 Å². The first-order valence-corrected chi connectivity index (χ1v) is 10.1. The number of amides is 3. The molecule has 2 heterocycles. The fraction of sp³-hybridized carbons (Fsp3) is 0.348. The number of carbonyl (C=O) groups excluding carboxylic acids is 3. The number of hydrogen-bond donors (Lipinski definition) is 1. The average Bonchev–Trinajstić information content (AvgIpc) is 2.92. The van der Waals surface area contributed by atoms with Gasteiger partial charge in [0.1, 0.15) is 5.54 Å². The average molecular weight is 408 g/mol. The molecule has 0 aromatic heterocycles. The number of nitrogens with one attached hydrogen (secondary N) is 1. The van der Waals surface area contributed by atoms with Gasteiger partial charge in [-0.3, -0.25) is 14.5 Å². The minimum atomic E-state index is -1.03. The molecule has 3 amide bonds. The van der Waals surface area contributed by atoms with E-state index in [1.165, 1.54) is 0 Å². The second-order valence-corrected chi connectivity index (χ2v) is 7.77. The summed E-state index contributed by atoms with van der Waals surface area (Å²) in [5.74, 6) is 0.378. The zero-order valence-corrected chi connectivity index (χ0v) is 16.8. The Bertz CT molecular complexity index is 975. The van der Waals surface area contributed by atoms with Crippen LogP contribution >= 0.6 is 0 Å². The fourth-order valence-corrected chi connectivity index (χ4v) is 3.67. The summed E-state index contributed by atoms with van der Waals surface area (Å²) in [6.07, 6.45) is 1.87. The number of hydrogen-bond acceptors (Lipinski definition) is 5. The highest BCUT2D eigenvalue weighted by atomic mass is 16.5. The molecule has 7 nitrogen and oxygen atoms in total. The molecule has 0 radical (unpaired) electrons. The number of nitrogens with zero attached hydrogens (tertiary/aromatic N) is 1. The predicted octanol–water partition coefficient (Wildman–Crippen LogP) is 2.97. The molecule has 0 bridgehead atoms. The summed E-state index contributed by atoms with van der Waals surface area (Å²) < 4.78 is 11.2. The topological polar surface area (TPSA) is 84.9 Å². The smallest absolute Gasteiger partial charge is 0.325 e. The first kappa shape index (κ1) is 19.9. The lowest BCUT2D eigenvalue weighted by molar-refractivity contribution is -0.130. The number of fused-ring (bicyclic) bond motifs is 1. The van der Waals surface area contributed by atoms with Gasteiger partial charge in [-0.15, -0.1) is 0 Å². The van der Waals surface area contributed by atoms with Crippen molar-refractivity contribution in [3.05, 3.63) is 59.7 Å². The summed E-state index contributed by atoms with van der Waals surface area (Å²) >= 11 is 0. The summed E-state index contributed by atoms with van der Waals surface area (Å²) in [6, 6.07) is 14.1. The van der Waals surface area contributed by atoms with Crippen LogP contribution < -0.4 is 14.8 Å². The summed E-state index contributed by atoms with van der Waals surface area (Å²) in [6.45, 7) is 2.46. The van der Waals surface area contributed by atoms with Gasteiger partial charge < -0.3 is 14.8 Å². The van der Waals surface area contributed by atoms with Gasteiger partial charge in [0, 0.05) is 12.0 Å². The highest BCUT2D eigenvalue weighted by Crippen LogP contribution is 2.31. The van der Waals surface area contributed by atoms with Crippen LogP contribution in [0.5, 0.6) is 11.5 Å². The molecule has 1 N–H and O–H groups in total. The van der Waals surface area contributed by atoms with Crippen molar-refractivity contribution in [1.82, 2.24) is 10.2 Å². The van der Waals surface area contributed by atoms with Crippen LogP contribution in [-0.2, 0) is 11.2 Å². The molecule has 7 heteroatoms. The lowest BCUT2D eigenvalue weighted by atomic mass is 9.93. The SMILES string of the molecule is C[C@@]1(CCc2ccccc2)NC(=O)N(CC(=O)c2ccc3c(c2)OCCCO3)C1=O. The maximum atomic E-state index is 12.9. The monoisotopic (exact) mass is 408 g/mol. The Kier molecular flexibility index (Phi) is 5.44. The van der Waals surface area contributed by atoms with Crippen LogP contribution in [0.25, 0.3) is 0 Å². The van der Waals surface area contributed by atoms with Crippen molar-refractivity contribution < 1.29 is 23.9 Å². The van der Waals surface area contributed by atoms with Gasteiger partial charge in [-0.1, -0.05) is 30.3 Å². The number of aryl methyl sites for hydroxylation is 1. The number of ketones is 1. The van der Waals surface area contributed by atoms with Crippen LogP contribution in [0.2, 0.25) is 0 Å². The Labute approximate surface area is 175 Å². The molecule has 0 unspecified atom stereocenters. The van der Waals surface area contributed by atoms with Gasteiger partial charge in [0.15, 0.2) is 17.3 Å². The highest BCUT2D eigenvalue weighted by Gasteiger charge is 2.47. The Morgan fingerprint density at radius 1 is 1.07 bits per heavy atom. The van der Waals surface area contributed by atoms with Crippen LogP contribution in [-0.4, -0.2) is 47.9 Å². The number of Topliss-reactive ketones (excluding diaryl/α,β-unsaturated/α-hetero) is 1. The molecule has 30 heavy (non-hydrogen) atoms. The zero-order valence-electron chi connectivity index (χ0n) is 16.8. The lowest BCUT2D eigenvalue weighted by Gasteiger charge is -2.21. The molecule has 0 saturated carbocycles. The second-order valence-electron chi connectivity index (χ2n) is 7.77. The number of urea groups is 1. The lowest BCUT2D eigenvalue weighted by Crippen LogP contribution is -2.44. The molecular formula is C23H24N2O5. The largest absolute Gasteiger partial charge is 0.490 e. The van der Waals surface area contributed by atoms with Crippen LogP contribution in [0.15, 0.2) is 48.5 Å². The summed E-state index contributed by atoms with van der Waals surface area (Å²) in [5.41, 5.74) is 0.429. The molecule has 0 spiro atoms. The van der Waals surface area contributed by atoms with E-state index in [1.54, 1.807) is 25.1 Å².